The van der Waals surface area contributed by atoms with Gasteiger partial charge in [-0.2, -0.15) is 5.10 Å². The van der Waals surface area contributed by atoms with Crippen LogP contribution in [-0.4, -0.2) is 29.3 Å². The molecule has 0 bridgehead atoms. The number of aryl methyl sites for hydroxylation is 1. The lowest BCUT2D eigenvalue weighted by Crippen LogP contribution is -2.28. The maximum atomic E-state index is 13.2. The molecule has 0 aliphatic carbocycles. The Morgan fingerprint density at radius 2 is 1.96 bits per heavy atom. The SMILES string of the molecule is CCOc1ccccc1N(C)C(=O)c1nn(C)c2c1COc1ccccc1-2. The first kappa shape index (κ1) is 17.1. The summed E-state index contributed by atoms with van der Waals surface area (Å²) in [6, 6.07) is 15.3. The van der Waals surface area contributed by atoms with Crippen LogP contribution in [0, 0.1) is 0 Å². The lowest BCUT2D eigenvalue weighted by molar-refractivity contribution is 0.0984. The van der Waals surface area contributed by atoms with Gasteiger partial charge >= 0.3 is 0 Å². The van der Waals surface area contributed by atoms with E-state index in [9.17, 15) is 4.79 Å². The molecule has 0 fully saturated rings. The molecule has 0 spiro atoms. The number of nitrogens with zero attached hydrogens (tertiary/aromatic N) is 3. The van der Waals surface area contributed by atoms with E-state index in [0.717, 1.165) is 22.6 Å². The average molecular weight is 363 g/mol. The molecule has 1 aliphatic rings. The predicted molar refractivity (Wildman–Crippen MR) is 103 cm³/mol. The maximum Gasteiger partial charge on any atom is 0.279 e. The number of benzene rings is 2. The van der Waals surface area contributed by atoms with Crippen LogP contribution in [0.25, 0.3) is 11.3 Å². The molecule has 6 nitrogen and oxygen atoms in total. The van der Waals surface area contributed by atoms with Crippen molar-refractivity contribution in [2.24, 2.45) is 7.05 Å². The molecule has 0 atom stereocenters. The first-order valence-corrected chi connectivity index (χ1v) is 8.89. The molecule has 138 valence electrons. The summed E-state index contributed by atoms with van der Waals surface area (Å²) < 4.78 is 13.3. The van der Waals surface area contributed by atoms with E-state index in [-0.39, 0.29) is 5.91 Å². The second-order valence-corrected chi connectivity index (χ2v) is 6.35. The molecule has 6 heteroatoms. The molecule has 1 aromatic heterocycles. The number of carbonyl (C=O) groups is 1. The van der Waals surface area contributed by atoms with E-state index in [4.69, 9.17) is 9.47 Å². The minimum atomic E-state index is -0.193. The van der Waals surface area contributed by atoms with Crippen molar-refractivity contribution < 1.29 is 14.3 Å². The van der Waals surface area contributed by atoms with Gasteiger partial charge in [0.25, 0.3) is 5.91 Å². The number of carbonyl (C=O) groups excluding carboxylic acids is 1. The highest BCUT2D eigenvalue weighted by Crippen LogP contribution is 2.39. The van der Waals surface area contributed by atoms with Crippen LogP contribution in [-0.2, 0) is 13.7 Å². The Morgan fingerprint density at radius 1 is 1.22 bits per heavy atom. The van der Waals surface area contributed by atoms with Gasteiger partial charge in [0, 0.05) is 25.2 Å². The molecule has 1 amide bonds. The van der Waals surface area contributed by atoms with E-state index in [1.54, 1.807) is 16.6 Å². The smallest absolute Gasteiger partial charge is 0.279 e. The van der Waals surface area contributed by atoms with E-state index in [1.165, 1.54) is 0 Å². The molecule has 2 heterocycles. The van der Waals surface area contributed by atoms with Gasteiger partial charge < -0.3 is 14.4 Å². The zero-order chi connectivity index (χ0) is 19.0. The zero-order valence-corrected chi connectivity index (χ0v) is 15.6. The average Bonchev–Trinajstić information content (AvgIpc) is 3.04. The van der Waals surface area contributed by atoms with Crippen LogP contribution in [0.1, 0.15) is 23.0 Å². The number of para-hydroxylation sites is 3. The Hall–Kier alpha value is -3.28. The first-order valence-electron chi connectivity index (χ1n) is 8.89. The van der Waals surface area contributed by atoms with Gasteiger partial charge in [0.2, 0.25) is 0 Å². The Bertz CT molecular complexity index is 1010. The van der Waals surface area contributed by atoms with Crippen molar-refractivity contribution in [3.8, 4) is 22.8 Å². The summed E-state index contributed by atoms with van der Waals surface area (Å²) in [5.41, 5.74) is 3.79. The third kappa shape index (κ3) is 2.83. The molecule has 0 saturated heterocycles. The summed E-state index contributed by atoms with van der Waals surface area (Å²) in [7, 11) is 3.59. The lowest BCUT2D eigenvalue weighted by Gasteiger charge is -2.21. The summed E-state index contributed by atoms with van der Waals surface area (Å²) in [6.45, 7) is 2.77. The van der Waals surface area contributed by atoms with Crippen LogP contribution in [0.15, 0.2) is 48.5 Å². The number of amides is 1. The highest BCUT2D eigenvalue weighted by Gasteiger charge is 2.30. The Balaban J connectivity index is 1.75. The van der Waals surface area contributed by atoms with E-state index in [0.29, 0.717) is 30.3 Å². The second kappa shape index (κ2) is 6.79. The van der Waals surface area contributed by atoms with Crippen molar-refractivity contribution >= 4 is 11.6 Å². The third-order valence-corrected chi connectivity index (χ3v) is 4.69. The monoisotopic (exact) mass is 363 g/mol. The quantitative estimate of drug-likeness (QED) is 0.710. The Morgan fingerprint density at radius 3 is 2.78 bits per heavy atom. The molecular formula is C21H21N3O3. The summed E-state index contributed by atoms with van der Waals surface area (Å²) >= 11 is 0. The molecular weight excluding hydrogens is 342 g/mol. The summed E-state index contributed by atoms with van der Waals surface area (Å²) in [4.78, 5) is 14.8. The van der Waals surface area contributed by atoms with Crippen molar-refractivity contribution in [3.05, 3.63) is 59.8 Å². The zero-order valence-electron chi connectivity index (χ0n) is 15.6. The topological polar surface area (TPSA) is 56.6 Å². The van der Waals surface area contributed by atoms with Crippen molar-refractivity contribution in [3.63, 3.8) is 0 Å². The number of rotatable bonds is 4. The number of hydrogen-bond donors (Lipinski definition) is 0. The molecule has 27 heavy (non-hydrogen) atoms. The largest absolute Gasteiger partial charge is 0.492 e. The highest BCUT2D eigenvalue weighted by atomic mass is 16.5. The fourth-order valence-corrected chi connectivity index (χ4v) is 3.43. The van der Waals surface area contributed by atoms with Crippen LogP contribution in [0.3, 0.4) is 0 Å². The highest BCUT2D eigenvalue weighted by molar-refractivity contribution is 6.07. The lowest BCUT2D eigenvalue weighted by atomic mass is 10.0. The molecule has 2 aromatic carbocycles. The Labute approximate surface area is 157 Å². The Kier molecular flexibility index (Phi) is 4.32. The number of anilines is 1. The van der Waals surface area contributed by atoms with Crippen LogP contribution in [0.4, 0.5) is 5.69 Å². The van der Waals surface area contributed by atoms with E-state index >= 15 is 0 Å². The maximum absolute atomic E-state index is 13.2. The van der Waals surface area contributed by atoms with Gasteiger partial charge in [0.15, 0.2) is 5.69 Å². The van der Waals surface area contributed by atoms with Crippen molar-refractivity contribution in [2.75, 3.05) is 18.6 Å². The summed E-state index contributed by atoms with van der Waals surface area (Å²) in [6.07, 6.45) is 0. The second-order valence-electron chi connectivity index (χ2n) is 6.35. The molecule has 3 aromatic rings. The van der Waals surface area contributed by atoms with Gasteiger partial charge in [-0.3, -0.25) is 9.48 Å². The number of hydrogen-bond acceptors (Lipinski definition) is 4. The molecule has 0 N–H and O–H groups in total. The minimum Gasteiger partial charge on any atom is -0.492 e. The fraction of sp³-hybridized carbons (Fsp3) is 0.238. The van der Waals surface area contributed by atoms with Gasteiger partial charge in [0.05, 0.1) is 18.0 Å². The minimum absolute atomic E-state index is 0.193. The molecule has 0 unspecified atom stereocenters. The summed E-state index contributed by atoms with van der Waals surface area (Å²) in [5.74, 6) is 1.28. The van der Waals surface area contributed by atoms with Crippen molar-refractivity contribution in [1.82, 2.24) is 9.78 Å². The standard InChI is InChI=1S/C21H21N3O3/c1-4-26-18-12-8-6-10-16(18)23(2)21(25)19-15-13-27-17-11-7-5-9-14(17)20(15)24(3)22-19/h5-12H,4,13H2,1-3H3. The van der Waals surface area contributed by atoms with Crippen LogP contribution < -0.4 is 14.4 Å². The van der Waals surface area contributed by atoms with E-state index < -0.39 is 0 Å². The number of fused-ring (bicyclic) bond motifs is 3. The van der Waals surface area contributed by atoms with Gasteiger partial charge in [-0.15, -0.1) is 0 Å². The van der Waals surface area contributed by atoms with Crippen molar-refractivity contribution in [1.29, 1.82) is 0 Å². The van der Waals surface area contributed by atoms with Gasteiger partial charge in [-0.1, -0.05) is 24.3 Å². The van der Waals surface area contributed by atoms with Crippen LogP contribution in [0.2, 0.25) is 0 Å². The molecule has 0 saturated carbocycles. The summed E-state index contributed by atoms with van der Waals surface area (Å²) in [5, 5.41) is 4.52. The van der Waals surface area contributed by atoms with Gasteiger partial charge in [0.1, 0.15) is 18.1 Å². The molecule has 1 aliphatic heterocycles. The number of aromatic nitrogens is 2. The van der Waals surface area contributed by atoms with E-state index in [2.05, 4.69) is 5.10 Å². The van der Waals surface area contributed by atoms with Crippen LogP contribution in [0.5, 0.6) is 11.5 Å². The predicted octanol–water partition coefficient (Wildman–Crippen LogP) is 3.65. The third-order valence-electron chi connectivity index (χ3n) is 4.69. The molecule has 0 radical (unpaired) electrons. The first-order chi connectivity index (χ1) is 13.1. The van der Waals surface area contributed by atoms with Gasteiger partial charge in [-0.25, -0.2) is 0 Å². The van der Waals surface area contributed by atoms with Crippen LogP contribution >= 0.6 is 0 Å². The number of ether oxygens (including phenoxy) is 2. The fourth-order valence-electron chi connectivity index (χ4n) is 3.43. The molecule has 4 rings (SSSR count). The van der Waals surface area contributed by atoms with Crippen molar-refractivity contribution in [2.45, 2.75) is 13.5 Å². The van der Waals surface area contributed by atoms with E-state index in [1.807, 2.05) is 62.5 Å². The normalized spacial score (nSPS) is 12.0. The van der Waals surface area contributed by atoms with Gasteiger partial charge in [-0.05, 0) is 31.2 Å².